The molecule has 0 aromatic heterocycles. The van der Waals surface area contributed by atoms with Crippen LogP contribution in [0.25, 0.3) is 0 Å². The molecule has 74 valence electrons. The fourth-order valence-electron chi connectivity index (χ4n) is 2.25. The maximum absolute atomic E-state index is 10.6. The number of hydrogen-bond acceptors (Lipinski definition) is 4. The largest absolute Gasteiger partial charge is 0.392 e. The highest BCUT2D eigenvalue weighted by atomic mass is 32.2. The predicted molar refractivity (Wildman–Crippen MR) is 52.3 cm³/mol. The number of nitrogens with zero attached hydrogens (tertiary/aromatic N) is 1. The minimum absolute atomic E-state index is 0.186. The van der Waals surface area contributed by atoms with Gasteiger partial charge in [-0.3, -0.25) is 4.79 Å². The highest BCUT2D eigenvalue weighted by Crippen LogP contribution is 2.42. The second kappa shape index (κ2) is 3.50. The third-order valence-electron chi connectivity index (χ3n) is 3.02. The van der Waals surface area contributed by atoms with Crippen molar-refractivity contribution in [3.63, 3.8) is 0 Å². The molecular weight excluding hydrogens is 186 g/mol. The van der Waals surface area contributed by atoms with Crippen molar-refractivity contribution >= 4 is 18.0 Å². The molecule has 0 spiro atoms. The first-order valence-corrected chi connectivity index (χ1v) is 5.64. The summed E-state index contributed by atoms with van der Waals surface area (Å²) in [5, 5.41) is 0. The van der Waals surface area contributed by atoms with Gasteiger partial charge in [0.2, 0.25) is 0 Å². The predicted octanol–water partition coefficient (Wildman–Crippen LogP) is 1.29. The maximum Gasteiger partial charge on any atom is 0.314 e. The summed E-state index contributed by atoms with van der Waals surface area (Å²) in [5.74, 6) is 0.789. The number of carbonyl (C=O) groups excluding carboxylic acids is 1. The van der Waals surface area contributed by atoms with E-state index in [1.54, 1.807) is 0 Å². The minimum atomic E-state index is -0.186. The second-order valence-corrected chi connectivity index (χ2v) is 4.80. The molecule has 2 rings (SSSR count). The van der Waals surface area contributed by atoms with E-state index >= 15 is 0 Å². The van der Waals surface area contributed by atoms with Gasteiger partial charge in [0.1, 0.15) is 0 Å². The van der Waals surface area contributed by atoms with E-state index in [0.717, 1.165) is 5.75 Å². The molecule has 13 heavy (non-hydrogen) atoms. The van der Waals surface area contributed by atoms with Gasteiger partial charge in [0, 0.05) is 19.2 Å². The molecule has 2 fully saturated rings. The first kappa shape index (κ1) is 9.34. The summed E-state index contributed by atoms with van der Waals surface area (Å²) in [6.45, 7) is 5.14. The number of rotatable bonds is 3. The monoisotopic (exact) mass is 201 g/mol. The SMILES string of the molecule is CC(=O)OSCC12CCN(CC1)C2. The van der Waals surface area contributed by atoms with Crippen molar-refractivity contribution in [2.75, 3.05) is 25.4 Å². The molecule has 4 heteroatoms. The lowest BCUT2D eigenvalue weighted by molar-refractivity contribution is -0.130. The van der Waals surface area contributed by atoms with Crippen molar-refractivity contribution in [1.29, 1.82) is 0 Å². The normalized spacial score (nSPS) is 36.5. The lowest BCUT2D eigenvalue weighted by Gasteiger charge is -2.23. The van der Waals surface area contributed by atoms with Crippen LogP contribution >= 0.6 is 12.0 Å². The minimum Gasteiger partial charge on any atom is -0.392 e. The van der Waals surface area contributed by atoms with Crippen LogP contribution < -0.4 is 0 Å². The van der Waals surface area contributed by atoms with Crippen molar-refractivity contribution in [1.82, 2.24) is 4.90 Å². The number of fused-ring (bicyclic) bond motifs is 2. The zero-order valence-electron chi connectivity index (χ0n) is 7.91. The topological polar surface area (TPSA) is 29.5 Å². The molecule has 0 radical (unpaired) electrons. The Morgan fingerprint density at radius 1 is 1.54 bits per heavy atom. The van der Waals surface area contributed by atoms with E-state index in [0.29, 0.717) is 5.41 Å². The number of piperidine rings is 1. The summed E-state index contributed by atoms with van der Waals surface area (Å²) in [5.41, 5.74) is 0.458. The van der Waals surface area contributed by atoms with Crippen LogP contribution in [0.4, 0.5) is 0 Å². The summed E-state index contributed by atoms with van der Waals surface area (Å²) >= 11 is 1.33. The molecule has 0 aliphatic carbocycles. The van der Waals surface area contributed by atoms with Crippen LogP contribution in [-0.4, -0.2) is 36.3 Å². The van der Waals surface area contributed by atoms with Crippen LogP contribution in [0.15, 0.2) is 0 Å². The van der Waals surface area contributed by atoms with Crippen LogP contribution in [0.1, 0.15) is 19.8 Å². The maximum atomic E-state index is 10.6. The first-order valence-electron chi connectivity index (χ1n) is 4.73. The molecule has 2 aliphatic heterocycles. The fourth-order valence-corrected chi connectivity index (χ4v) is 3.10. The van der Waals surface area contributed by atoms with Crippen molar-refractivity contribution < 1.29 is 8.98 Å². The fraction of sp³-hybridized carbons (Fsp3) is 0.889. The summed E-state index contributed by atoms with van der Waals surface area (Å²) < 4.78 is 4.91. The summed E-state index contributed by atoms with van der Waals surface area (Å²) in [6.07, 6.45) is 2.56. The Morgan fingerprint density at radius 2 is 2.23 bits per heavy atom. The van der Waals surface area contributed by atoms with Gasteiger partial charge in [0.05, 0.1) is 12.0 Å². The standard InChI is InChI=1S/C9H15NO2S/c1-8(11)12-13-7-9-2-4-10(6-9)5-3-9/h2-7H2,1H3. The Bertz CT molecular complexity index is 212. The highest BCUT2D eigenvalue weighted by Gasteiger charge is 2.43. The molecule has 0 N–H and O–H groups in total. The van der Waals surface area contributed by atoms with E-state index in [9.17, 15) is 4.79 Å². The first-order chi connectivity index (χ1) is 6.20. The molecule has 2 saturated heterocycles. The van der Waals surface area contributed by atoms with Gasteiger partial charge in [0.15, 0.2) is 0 Å². The van der Waals surface area contributed by atoms with Crippen molar-refractivity contribution in [3.8, 4) is 0 Å². The zero-order valence-corrected chi connectivity index (χ0v) is 8.73. The lowest BCUT2D eigenvalue weighted by atomic mass is 9.87. The number of hydrogen-bond donors (Lipinski definition) is 0. The zero-order chi connectivity index (χ0) is 9.31. The smallest absolute Gasteiger partial charge is 0.314 e. The summed E-state index contributed by atoms with van der Waals surface area (Å²) in [6, 6.07) is 0. The Labute approximate surface area is 83.0 Å². The summed E-state index contributed by atoms with van der Waals surface area (Å²) in [4.78, 5) is 13.1. The Morgan fingerprint density at radius 3 is 2.69 bits per heavy atom. The third-order valence-corrected chi connectivity index (χ3v) is 4.10. The third kappa shape index (κ3) is 1.99. The van der Waals surface area contributed by atoms with E-state index in [4.69, 9.17) is 4.18 Å². The van der Waals surface area contributed by atoms with E-state index in [1.807, 2.05) is 0 Å². The van der Waals surface area contributed by atoms with E-state index < -0.39 is 0 Å². The molecule has 0 saturated carbocycles. The van der Waals surface area contributed by atoms with Gasteiger partial charge in [-0.05, 0) is 31.3 Å². The molecular formula is C9H15NO2S. The number of carbonyl (C=O) groups is 1. The Kier molecular flexibility index (Phi) is 2.51. The molecule has 0 atom stereocenters. The Hall–Kier alpha value is -0.220. The average Bonchev–Trinajstić information content (AvgIpc) is 2.62. The van der Waals surface area contributed by atoms with Crippen LogP contribution in [0, 0.1) is 5.41 Å². The van der Waals surface area contributed by atoms with E-state index in [-0.39, 0.29) is 5.97 Å². The van der Waals surface area contributed by atoms with Gasteiger partial charge in [-0.2, -0.15) is 0 Å². The molecule has 2 aliphatic rings. The molecule has 0 amide bonds. The summed E-state index contributed by atoms with van der Waals surface area (Å²) in [7, 11) is 0. The van der Waals surface area contributed by atoms with Crippen LogP contribution in [0.2, 0.25) is 0 Å². The molecule has 2 bridgehead atoms. The van der Waals surface area contributed by atoms with Crippen molar-refractivity contribution in [3.05, 3.63) is 0 Å². The van der Waals surface area contributed by atoms with Gasteiger partial charge >= 0.3 is 5.97 Å². The Balaban J connectivity index is 1.77. The van der Waals surface area contributed by atoms with E-state index in [1.165, 1.54) is 51.4 Å². The van der Waals surface area contributed by atoms with Gasteiger partial charge in [0.25, 0.3) is 0 Å². The van der Waals surface area contributed by atoms with Crippen LogP contribution in [-0.2, 0) is 8.98 Å². The van der Waals surface area contributed by atoms with Gasteiger partial charge in [-0.15, -0.1) is 0 Å². The van der Waals surface area contributed by atoms with Crippen LogP contribution in [0.5, 0.6) is 0 Å². The second-order valence-electron chi connectivity index (χ2n) is 4.11. The molecule has 0 unspecified atom stereocenters. The molecule has 0 aromatic rings. The molecule has 0 aromatic carbocycles. The van der Waals surface area contributed by atoms with Gasteiger partial charge < -0.3 is 9.08 Å². The van der Waals surface area contributed by atoms with Crippen molar-refractivity contribution in [2.24, 2.45) is 5.41 Å². The average molecular weight is 201 g/mol. The van der Waals surface area contributed by atoms with Crippen molar-refractivity contribution in [2.45, 2.75) is 19.8 Å². The molecule has 2 heterocycles. The van der Waals surface area contributed by atoms with E-state index in [2.05, 4.69) is 4.90 Å². The van der Waals surface area contributed by atoms with Gasteiger partial charge in [-0.25, -0.2) is 0 Å². The quantitative estimate of drug-likeness (QED) is 0.644. The van der Waals surface area contributed by atoms with Crippen LogP contribution in [0.3, 0.4) is 0 Å². The highest BCUT2D eigenvalue weighted by molar-refractivity contribution is 7.95. The lowest BCUT2D eigenvalue weighted by Crippen LogP contribution is -2.22. The molecule has 3 nitrogen and oxygen atoms in total. The van der Waals surface area contributed by atoms with Gasteiger partial charge in [-0.1, -0.05) is 0 Å².